The van der Waals surface area contributed by atoms with Gasteiger partial charge in [0.1, 0.15) is 0 Å². The maximum absolute atomic E-state index is 5.68. The summed E-state index contributed by atoms with van der Waals surface area (Å²) in [6, 6.07) is 0.325. The minimum atomic E-state index is 0.233. The lowest BCUT2D eigenvalue weighted by Gasteiger charge is -2.28. The van der Waals surface area contributed by atoms with Crippen molar-refractivity contribution in [3.05, 3.63) is 0 Å². The molecule has 1 saturated heterocycles. The Balaban J connectivity index is 2.08. The van der Waals surface area contributed by atoms with Crippen LogP contribution in [-0.2, 0) is 4.74 Å². The monoisotopic (exact) mass is 252 g/mol. The van der Waals surface area contributed by atoms with E-state index in [1.54, 1.807) is 4.90 Å². The van der Waals surface area contributed by atoms with Crippen molar-refractivity contribution in [2.24, 2.45) is 0 Å². The molecule has 0 spiro atoms. The molecule has 3 N–H and O–H groups in total. The molecule has 2 heterocycles. The van der Waals surface area contributed by atoms with E-state index in [-0.39, 0.29) is 12.1 Å². The minimum Gasteiger partial charge on any atom is -0.378 e. The van der Waals surface area contributed by atoms with E-state index in [0.29, 0.717) is 17.9 Å². The molecule has 2 atom stereocenters. The lowest BCUT2D eigenvalue weighted by atomic mass is 10.0. The van der Waals surface area contributed by atoms with E-state index < -0.39 is 0 Å². The van der Waals surface area contributed by atoms with Gasteiger partial charge < -0.3 is 20.7 Å². The first kappa shape index (κ1) is 12.8. The SMILES string of the molecule is CC1CC(Nc2nc(N)nc(N(C)C)n2)CCO1. The lowest BCUT2D eigenvalue weighted by Crippen LogP contribution is -2.33. The third kappa shape index (κ3) is 3.19. The maximum Gasteiger partial charge on any atom is 0.231 e. The molecule has 100 valence electrons. The molecule has 0 aromatic carbocycles. The number of rotatable bonds is 3. The van der Waals surface area contributed by atoms with Crippen LogP contribution < -0.4 is 16.0 Å². The van der Waals surface area contributed by atoms with Gasteiger partial charge in [-0.2, -0.15) is 15.0 Å². The molecule has 18 heavy (non-hydrogen) atoms. The van der Waals surface area contributed by atoms with Crippen molar-refractivity contribution < 1.29 is 4.74 Å². The number of nitrogens with zero attached hydrogens (tertiary/aromatic N) is 4. The van der Waals surface area contributed by atoms with Crippen LogP contribution in [0.4, 0.5) is 17.8 Å². The summed E-state index contributed by atoms with van der Waals surface area (Å²) in [7, 11) is 3.74. The maximum atomic E-state index is 5.68. The molecule has 7 heteroatoms. The fourth-order valence-corrected chi connectivity index (χ4v) is 1.96. The van der Waals surface area contributed by atoms with Crippen molar-refractivity contribution in [3.8, 4) is 0 Å². The summed E-state index contributed by atoms with van der Waals surface area (Å²) in [6.07, 6.45) is 2.17. The molecule has 2 rings (SSSR count). The summed E-state index contributed by atoms with van der Waals surface area (Å²) < 4.78 is 5.51. The number of ether oxygens (including phenoxy) is 1. The van der Waals surface area contributed by atoms with Crippen LogP contribution in [0.1, 0.15) is 19.8 Å². The van der Waals surface area contributed by atoms with E-state index >= 15 is 0 Å². The average molecular weight is 252 g/mol. The van der Waals surface area contributed by atoms with Gasteiger partial charge in [-0.05, 0) is 19.8 Å². The quantitative estimate of drug-likeness (QED) is 0.809. The zero-order valence-electron chi connectivity index (χ0n) is 11.1. The molecule has 2 unspecified atom stereocenters. The lowest BCUT2D eigenvalue weighted by molar-refractivity contribution is 0.0231. The molecule has 0 amide bonds. The van der Waals surface area contributed by atoms with Crippen molar-refractivity contribution in [1.29, 1.82) is 0 Å². The first-order valence-electron chi connectivity index (χ1n) is 6.11. The van der Waals surface area contributed by atoms with E-state index in [1.165, 1.54) is 0 Å². The Hall–Kier alpha value is -1.63. The first-order chi connectivity index (χ1) is 8.54. The summed E-state index contributed by atoms with van der Waals surface area (Å²) in [5.41, 5.74) is 5.68. The van der Waals surface area contributed by atoms with Gasteiger partial charge in [0.05, 0.1) is 6.10 Å². The molecule has 0 bridgehead atoms. The van der Waals surface area contributed by atoms with Gasteiger partial charge in [-0.1, -0.05) is 0 Å². The molecule has 7 nitrogen and oxygen atoms in total. The van der Waals surface area contributed by atoms with Gasteiger partial charge in [-0.25, -0.2) is 0 Å². The third-order valence-electron chi connectivity index (χ3n) is 2.86. The number of nitrogens with one attached hydrogen (secondary N) is 1. The largest absolute Gasteiger partial charge is 0.378 e. The van der Waals surface area contributed by atoms with Crippen molar-refractivity contribution in [1.82, 2.24) is 15.0 Å². The second kappa shape index (κ2) is 5.34. The molecular formula is C11H20N6O. The number of aromatic nitrogens is 3. The summed E-state index contributed by atoms with van der Waals surface area (Å²) in [5.74, 6) is 1.33. The predicted molar refractivity (Wildman–Crippen MR) is 70.6 cm³/mol. The molecule has 1 aromatic rings. The summed E-state index contributed by atoms with van der Waals surface area (Å²) in [5, 5.41) is 3.30. The van der Waals surface area contributed by atoms with Gasteiger partial charge in [-0.15, -0.1) is 0 Å². The molecule has 0 saturated carbocycles. The highest BCUT2D eigenvalue weighted by Crippen LogP contribution is 2.17. The number of nitrogen functional groups attached to an aromatic ring is 1. The van der Waals surface area contributed by atoms with Gasteiger partial charge in [0.25, 0.3) is 0 Å². The highest BCUT2D eigenvalue weighted by atomic mass is 16.5. The fraction of sp³-hybridized carbons (Fsp3) is 0.727. The second-order valence-electron chi connectivity index (χ2n) is 4.76. The van der Waals surface area contributed by atoms with E-state index in [0.717, 1.165) is 19.4 Å². The fourth-order valence-electron chi connectivity index (χ4n) is 1.96. The van der Waals surface area contributed by atoms with Crippen LogP contribution in [-0.4, -0.2) is 47.8 Å². The Morgan fingerprint density at radius 3 is 2.78 bits per heavy atom. The molecule has 0 radical (unpaired) electrons. The summed E-state index contributed by atoms with van der Waals surface area (Å²) in [6.45, 7) is 2.83. The number of nitrogens with two attached hydrogens (primary N) is 1. The highest BCUT2D eigenvalue weighted by Gasteiger charge is 2.20. The van der Waals surface area contributed by atoms with E-state index in [1.807, 2.05) is 14.1 Å². The van der Waals surface area contributed by atoms with E-state index in [4.69, 9.17) is 10.5 Å². The van der Waals surface area contributed by atoms with Crippen LogP contribution in [0.2, 0.25) is 0 Å². The van der Waals surface area contributed by atoms with Crippen molar-refractivity contribution >= 4 is 17.8 Å². The molecule has 1 aromatic heterocycles. The first-order valence-corrected chi connectivity index (χ1v) is 6.11. The highest BCUT2D eigenvalue weighted by molar-refractivity contribution is 5.41. The van der Waals surface area contributed by atoms with Crippen molar-refractivity contribution in [2.75, 3.05) is 36.7 Å². The Bertz CT molecular complexity index is 411. The molecular weight excluding hydrogens is 232 g/mol. The number of hydrogen-bond acceptors (Lipinski definition) is 7. The molecule has 1 aliphatic rings. The van der Waals surface area contributed by atoms with Crippen LogP contribution >= 0.6 is 0 Å². The van der Waals surface area contributed by atoms with Gasteiger partial charge >= 0.3 is 0 Å². The van der Waals surface area contributed by atoms with Crippen LogP contribution in [0.3, 0.4) is 0 Å². The van der Waals surface area contributed by atoms with Crippen LogP contribution in [0.15, 0.2) is 0 Å². The smallest absolute Gasteiger partial charge is 0.231 e. The van der Waals surface area contributed by atoms with Gasteiger partial charge in [-0.3, -0.25) is 0 Å². The van der Waals surface area contributed by atoms with Crippen LogP contribution in [0.5, 0.6) is 0 Å². The van der Waals surface area contributed by atoms with E-state index in [9.17, 15) is 0 Å². The second-order valence-corrected chi connectivity index (χ2v) is 4.76. The average Bonchev–Trinajstić information content (AvgIpc) is 2.28. The van der Waals surface area contributed by atoms with Crippen LogP contribution in [0, 0.1) is 0 Å². The number of hydrogen-bond donors (Lipinski definition) is 2. The Morgan fingerprint density at radius 2 is 2.11 bits per heavy atom. The summed E-state index contributed by atoms with van der Waals surface area (Å²) >= 11 is 0. The van der Waals surface area contributed by atoms with E-state index in [2.05, 4.69) is 27.2 Å². The minimum absolute atomic E-state index is 0.233. The molecule has 0 aliphatic carbocycles. The van der Waals surface area contributed by atoms with Crippen LogP contribution in [0.25, 0.3) is 0 Å². The molecule has 1 fully saturated rings. The topological polar surface area (TPSA) is 89.2 Å². The van der Waals surface area contributed by atoms with Gasteiger partial charge in [0.15, 0.2) is 0 Å². The zero-order valence-corrected chi connectivity index (χ0v) is 11.1. The Labute approximate surface area is 107 Å². The summed E-state index contributed by atoms with van der Waals surface area (Å²) in [4.78, 5) is 14.3. The Morgan fingerprint density at radius 1 is 1.33 bits per heavy atom. The van der Waals surface area contributed by atoms with Crippen molar-refractivity contribution in [3.63, 3.8) is 0 Å². The predicted octanol–water partition coefficient (Wildman–Crippen LogP) is 0.499. The Kier molecular flexibility index (Phi) is 3.81. The zero-order chi connectivity index (χ0) is 13.1. The van der Waals surface area contributed by atoms with Gasteiger partial charge in [0, 0.05) is 26.7 Å². The number of anilines is 3. The molecule has 1 aliphatic heterocycles. The standard InChI is InChI=1S/C11H20N6O/c1-7-6-8(4-5-18-7)13-10-14-9(12)15-11(16-10)17(2)3/h7-8H,4-6H2,1-3H3,(H3,12,13,14,15,16). The normalized spacial score (nSPS) is 23.7. The van der Waals surface area contributed by atoms with Gasteiger partial charge in [0.2, 0.25) is 17.8 Å². The third-order valence-corrected chi connectivity index (χ3v) is 2.86. The van der Waals surface area contributed by atoms with Crippen molar-refractivity contribution in [2.45, 2.75) is 31.9 Å².